The summed E-state index contributed by atoms with van der Waals surface area (Å²) in [6.07, 6.45) is 0. The molecule has 0 spiro atoms. The number of para-hydroxylation sites is 1. The molecule has 124 valence electrons. The number of anilines is 2. The van der Waals surface area contributed by atoms with Gasteiger partial charge in [-0.05, 0) is 32.0 Å². The van der Waals surface area contributed by atoms with Gasteiger partial charge in [0.2, 0.25) is 0 Å². The van der Waals surface area contributed by atoms with Gasteiger partial charge in [0.05, 0.1) is 11.3 Å². The average Bonchev–Trinajstić information content (AvgIpc) is 2.92. The topological polar surface area (TPSA) is 42.2 Å². The smallest absolute Gasteiger partial charge is 0.165 e. The van der Waals surface area contributed by atoms with Gasteiger partial charge in [0.15, 0.2) is 5.65 Å². The maximum atomic E-state index is 6.42. The molecule has 0 saturated carbocycles. The Morgan fingerprint density at radius 2 is 1.68 bits per heavy atom. The molecule has 4 nitrogen and oxygen atoms in total. The van der Waals surface area contributed by atoms with E-state index in [1.54, 1.807) is 0 Å². The van der Waals surface area contributed by atoms with Crippen LogP contribution >= 0.6 is 11.6 Å². The first-order valence-electron chi connectivity index (χ1n) is 8.07. The fourth-order valence-electron chi connectivity index (χ4n) is 2.98. The molecular weight excluding hydrogens is 332 g/mol. The average molecular weight is 349 g/mol. The van der Waals surface area contributed by atoms with E-state index in [1.807, 2.05) is 79.0 Å². The number of fused-ring (bicyclic) bond motifs is 1. The number of rotatable bonds is 3. The van der Waals surface area contributed by atoms with Gasteiger partial charge >= 0.3 is 0 Å². The molecule has 0 aliphatic rings. The Bertz CT molecular complexity index is 1050. The first-order chi connectivity index (χ1) is 12.1. The molecule has 0 aliphatic carbocycles. The minimum absolute atomic E-state index is 0.696. The molecule has 2 aromatic heterocycles. The molecule has 0 fully saturated rings. The summed E-state index contributed by atoms with van der Waals surface area (Å²) in [6, 6.07) is 19.8. The maximum Gasteiger partial charge on any atom is 0.165 e. The van der Waals surface area contributed by atoms with Crippen molar-refractivity contribution in [3.8, 4) is 11.1 Å². The van der Waals surface area contributed by atoms with Gasteiger partial charge in [0.25, 0.3) is 0 Å². The first-order valence-corrected chi connectivity index (χ1v) is 8.45. The van der Waals surface area contributed by atoms with Crippen molar-refractivity contribution in [2.45, 2.75) is 13.8 Å². The van der Waals surface area contributed by atoms with Gasteiger partial charge in [-0.3, -0.25) is 0 Å². The lowest BCUT2D eigenvalue weighted by molar-refractivity contribution is 0.917. The number of aryl methyl sites for hydroxylation is 2. The van der Waals surface area contributed by atoms with Crippen LogP contribution in [-0.4, -0.2) is 14.6 Å². The van der Waals surface area contributed by atoms with E-state index < -0.39 is 0 Å². The molecular formula is C20H17ClN4. The van der Waals surface area contributed by atoms with E-state index in [0.717, 1.165) is 39.7 Å². The number of hydrogen-bond donors (Lipinski definition) is 1. The fourth-order valence-corrected chi connectivity index (χ4v) is 3.21. The molecule has 0 atom stereocenters. The third-order valence-electron chi connectivity index (χ3n) is 4.08. The molecule has 2 heterocycles. The van der Waals surface area contributed by atoms with E-state index >= 15 is 0 Å². The van der Waals surface area contributed by atoms with Crippen molar-refractivity contribution in [3.63, 3.8) is 0 Å². The van der Waals surface area contributed by atoms with Crippen LogP contribution < -0.4 is 5.32 Å². The monoisotopic (exact) mass is 348 g/mol. The quantitative estimate of drug-likeness (QED) is 0.538. The number of halogens is 1. The molecule has 0 bridgehead atoms. The highest BCUT2D eigenvalue weighted by molar-refractivity contribution is 6.33. The van der Waals surface area contributed by atoms with Crippen molar-refractivity contribution in [1.82, 2.24) is 14.6 Å². The molecule has 1 N–H and O–H groups in total. The van der Waals surface area contributed by atoms with E-state index in [1.165, 1.54) is 0 Å². The van der Waals surface area contributed by atoms with Gasteiger partial charge in [-0.2, -0.15) is 9.61 Å². The Morgan fingerprint density at radius 3 is 2.44 bits per heavy atom. The van der Waals surface area contributed by atoms with Crippen LogP contribution in [0.15, 0.2) is 60.7 Å². The summed E-state index contributed by atoms with van der Waals surface area (Å²) >= 11 is 6.42. The van der Waals surface area contributed by atoms with Crippen LogP contribution in [0.2, 0.25) is 5.02 Å². The van der Waals surface area contributed by atoms with Gasteiger partial charge in [-0.1, -0.05) is 48.0 Å². The zero-order valence-corrected chi connectivity index (χ0v) is 14.7. The van der Waals surface area contributed by atoms with E-state index in [2.05, 4.69) is 5.32 Å². The molecule has 4 aromatic rings. The molecule has 0 unspecified atom stereocenters. The highest BCUT2D eigenvalue weighted by Crippen LogP contribution is 2.34. The standard InChI is InChI=1S/C20H17ClN4/c1-13-12-18(23-15-8-4-3-5-9-15)25-20(22-13)19(14(2)24-25)16-10-6-7-11-17(16)21/h3-12,23H,1-2H3. The van der Waals surface area contributed by atoms with Crippen molar-refractivity contribution < 1.29 is 0 Å². The van der Waals surface area contributed by atoms with Gasteiger partial charge in [0, 0.05) is 28.0 Å². The van der Waals surface area contributed by atoms with Gasteiger partial charge < -0.3 is 5.32 Å². The Morgan fingerprint density at radius 1 is 0.960 bits per heavy atom. The highest BCUT2D eigenvalue weighted by Gasteiger charge is 2.17. The largest absolute Gasteiger partial charge is 0.340 e. The van der Waals surface area contributed by atoms with Crippen LogP contribution in [0.25, 0.3) is 16.8 Å². The summed E-state index contributed by atoms with van der Waals surface area (Å²) in [5, 5.41) is 8.82. The zero-order chi connectivity index (χ0) is 17.4. The Balaban J connectivity index is 1.93. The molecule has 5 heteroatoms. The molecule has 0 radical (unpaired) electrons. The number of nitrogens with zero attached hydrogens (tertiary/aromatic N) is 3. The van der Waals surface area contributed by atoms with Gasteiger partial charge in [0.1, 0.15) is 5.82 Å². The van der Waals surface area contributed by atoms with Crippen LogP contribution in [0.5, 0.6) is 0 Å². The SMILES string of the molecule is Cc1cc(Nc2ccccc2)n2nc(C)c(-c3ccccc3Cl)c2n1. The second-order valence-electron chi connectivity index (χ2n) is 5.95. The van der Waals surface area contributed by atoms with Crippen LogP contribution in [0.3, 0.4) is 0 Å². The number of aromatic nitrogens is 3. The first kappa shape index (κ1) is 15.7. The lowest BCUT2D eigenvalue weighted by atomic mass is 10.1. The van der Waals surface area contributed by atoms with E-state index in [-0.39, 0.29) is 0 Å². The Hall–Kier alpha value is -2.85. The van der Waals surface area contributed by atoms with Crippen molar-refractivity contribution in [1.29, 1.82) is 0 Å². The molecule has 4 rings (SSSR count). The number of nitrogens with one attached hydrogen (secondary N) is 1. The summed E-state index contributed by atoms with van der Waals surface area (Å²) in [6.45, 7) is 3.96. The summed E-state index contributed by atoms with van der Waals surface area (Å²) in [7, 11) is 0. The minimum atomic E-state index is 0.696. The Kier molecular flexibility index (Phi) is 3.90. The zero-order valence-electron chi connectivity index (χ0n) is 14.0. The molecule has 25 heavy (non-hydrogen) atoms. The predicted molar refractivity (Wildman–Crippen MR) is 103 cm³/mol. The lowest BCUT2D eigenvalue weighted by Gasteiger charge is -2.10. The van der Waals surface area contributed by atoms with Crippen molar-refractivity contribution in [2.24, 2.45) is 0 Å². The normalized spacial score (nSPS) is 11.0. The van der Waals surface area contributed by atoms with E-state index in [0.29, 0.717) is 5.02 Å². The lowest BCUT2D eigenvalue weighted by Crippen LogP contribution is -2.02. The predicted octanol–water partition coefficient (Wildman–Crippen LogP) is 5.41. The summed E-state index contributed by atoms with van der Waals surface area (Å²) < 4.78 is 1.84. The van der Waals surface area contributed by atoms with Crippen molar-refractivity contribution >= 4 is 28.8 Å². The number of benzene rings is 2. The van der Waals surface area contributed by atoms with E-state index in [9.17, 15) is 0 Å². The third kappa shape index (κ3) is 2.85. The van der Waals surface area contributed by atoms with Crippen LogP contribution in [0.4, 0.5) is 11.5 Å². The van der Waals surface area contributed by atoms with Crippen molar-refractivity contribution in [3.05, 3.63) is 77.1 Å². The molecule has 0 amide bonds. The van der Waals surface area contributed by atoms with Crippen LogP contribution in [-0.2, 0) is 0 Å². The highest BCUT2D eigenvalue weighted by atomic mass is 35.5. The second-order valence-corrected chi connectivity index (χ2v) is 6.36. The summed E-state index contributed by atoms with van der Waals surface area (Å²) in [5.41, 5.74) is 5.51. The Labute approximate surface area is 151 Å². The molecule has 0 saturated heterocycles. The maximum absolute atomic E-state index is 6.42. The second kappa shape index (κ2) is 6.22. The summed E-state index contributed by atoms with van der Waals surface area (Å²) in [4.78, 5) is 4.72. The molecule has 0 aliphatic heterocycles. The van der Waals surface area contributed by atoms with Crippen LogP contribution in [0.1, 0.15) is 11.4 Å². The van der Waals surface area contributed by atoms with Gasteiger partial charge in [-0.25, -0.2) is 4.98 Å². The number of hydrogen-bond acceptors (Lipinski definition) is 3. The fraction of sp³-hybridized carbons (Fsp3) is 0.100. The molecule has 2 aromatic carbocycles. The van der Waals surface area contributed by atoms with Crippen LogP contribution in [0, 0.1) is 13.8 Å². The third-order valence-corrected chi connectivity index (χ3v) is 4.41. The van der Waals surface area contributed by atoms with Gasteiger partial charge in [-0.15, -0.1) is 0 Å². The van der Waals surface area contributed by atoms with Crippen molar-refractivity contribution in [2.75, 3.05) is 5.32 Å². The van der Waals surface area contributed by atoms with E-state index in [4.69, 9.17) is 21.7 Å². The summed E-state index contributed by atoms with van der Waals surface area (Å²) in [5.74, 6) is 0.870. The minimum Gasteiger partial charge on any atom is -0.340 e.